The van der Waals surface area contributed by atoms with Gasteiger partial charge in [-0.2, -0.15) is 0 Å². The molecule has 0 radical (unpaired) electrons. The highest BCUT2D eigenvalue weighted by molar-refractivity contribution is 5.71. The summed E-state index contributed by atoms with van der Waals surface area (Å²) in [5, 5.41) is 0. The average Bonchev–Trinajstić information content (AvgIpc) is 3.33. The van der Waals surface area contributed by atoms with E-state index in [1.165, 1.54) is 148 Å². The highest BCUT2D eigenvalue weighted by atomic mass is 16.6. The average molecular weight is 938 g/mol. The summed E-state index contributed by atoms with van der Waals surface area (Å²) in [7, 11) is 0. The summed E-state index contributed by atoms with van der Waals surface area (Å²) in [5.74, 6) is -0.906. The van der Waals surface area contributed by atoms with Crippen LogP contribution in [0.25, 0.3) is 0 Å². The summed E-state index contributed by atoms with van der Waals surface area (Å²) in [4.78, 5) is 38.1. The number of hydrogen-bond donors (Lipinski definition) is 0. The van der Waals surface area contributed by atoms with Crippen molar-refractivity contribution in [1.82, 2.24) is 0 Å². The van der Waals surface area contributed by atoms with Crippen LogP contribution in [0.1, 0.15) is 290 Å². The third kappa shape index (κ3) is 53.9. The summed E-state index contributed by atoms with van der Waals surface area (Å²) < 4.78 is 16.8. The zero-order valence-corrected chi connectivity index (χ0v) is 44.4. The van der Waals surface area contributed by atoms with Crippen LogP contribution in [0.3, 0.4) is 0 Å². The maximum Gasteiger partial charge on any atom is 0.306 e. The Labute approximate surface area is 415 Å². The van der Waals surface area contributed by atoms with Crippen LogP contribution in [0.2, 0.25) is 0 Å². The van der Waals surface area contributed by atoms with Gasteiger partial charge in [0.25, 0.3) is 0 Å². The molecule has 67 heavy (non-hydrogen) atoms. The third-order valence-corrected chi connectivity index (χ3v) is 12.5. The van der Waals surface area contributed by atoms with Gasteiger partial charge in [-0.1, -0.05) is 255 Å². The molecule has 0 saturated heterocycles. The summed E-state index contributed by atoms with van der Waals surface area (Å²) in [6.45, 7) is 6.49. The Morgan fingerprint density at radius 1 is 0.313 bits per heavy atom. The first-order chi connectivity index (χ1) is 33.0. The summed E-state index contributed by atoms with van der Waals surface area (Å²) in [5.41, 5.74) is 0. The first kappa shape index (κ1) is 64.1. The van der Waals surface area contributed by atoms with Crippen molar-refractivity contribution >= 4 is 17.9 Å². The second kappa shape index (κ2) is 55.7. The van der Waals surface area contributed by atoms with Gasteiger partial charge < -0.3 is 14.2 Å². The number of rotatable bonds is 52. The van der Waals surface area contributed by atoms with E-state index in [2.05, 4.69) is 81.5 Å². The van der Waals surface area contributed by atoms with E-state index in [4.69, 9.17) is 14.2 Å². The van der Waals surface area contributed by atoms with Gasteiger partial charge >= 0.3 is 17.9 Å². The van der Waals surface area contributed by atoms with Crippen LogP contribution >= 0.6 is 0 Å². The largest absolute Gasteiger partial charge is 0.462 e. The predicted molar refractivity (Wildman–Crippen MR) is 288 cm³/mol. The highest BCUT2D eigenvalue weighted by Crippen LogP contribution is 2.16. The molecule has 0 bridgehead atoms. The van der Waals surface area contributed by atoms with Gasteiger partial charge in [0.1, 0.15) is 13.2 Å². The first-order valence-electron chi connectivity index (χ1n) is 28.8. The maximum atomic E-state index is 12.9. The van der Waals surface area contributed by atoms with Crippen LogP contribution in [-0.4, -0.2) is 37.2 Å². The molecule has 0 aliphatic rings. The van der Waals surface area contributed by atoms with Crippen LogP contribution in [0.5, 0.6) is 0 Å². The van der Waals surface area contributed by atoms with Crippen molar-refractivity contribution in [1.29, 1.82) is 0 Å². The van der Waals surface area contributed by atoms with Crippen molar-refractivity contribution < 1.29 is 28.6 Å². The lowest BCUT2D eigenvalue weighted by Crippen LogP contribution is -2.30. The fraction of sp³-hybridized carbons (Fsp3) is 0.787. The van der Waals surface area contributed by atoms with Crippen molar-refractivity contribution in [3.05, 3.63) is 60.8 Å². The van der Waals surface area contributed by atoms with E-state index in [1.807, 2.05) is 0 Å². The van der Waals surface area contributed by atoms with Gasteiger partial charge in [0.2, 0.25) is 0 Å². The number of ether oxygens (including phenoxy) is 3. The first-order valence-corrected chi connectivity index (χ1v) is 28.8. The lowest BCUT2D eigenvalue weighted by molar-refractivity contribution is -0.167. The van der Waals surface area contributed by atoms with Crippen LogP contribution in [0.15, 0.2) is 60.8 Å². The summed E-state index contributed by atoms with van der Waals surface area (Å²) in [6.07, 6.45) is 69.3. The fourth-order valence-corrected chi connectivity index (χ4v) is 8.18. The number of allylic oxidation sites excluding steroid dienone is 10. The van der Waals surface area contributed by atoms with Gasteiger partial charge in [0, 0.05) is 19.3 Å². The second-order valence-corrected chi connectivity index (χ2v) is 19.2. The molecule has 6 heteroatoms. The minimum atomic E-state index is -0.785. The van der Waals surface area contributed by atoms with Crippen molar-refractivity contribution in [3.8, 4) is 0 Å². The van der Waals surface area contributed by atoms with Crippen molar-refractivity contribution in [3.63, 3.8) is 0 Å². The lowest BCUT2D eigenvalue weighted by atomic mass is 10.0. The van der Waals surface area contributed by atoms with E-state index in [-0.39, 0.29) is 31.1 Å². The van der Waals surface area contributed by atoms with Gasteiger partial charge in [-0.15, -0.1) is 0 Å². The van der Waals surface area contributed by atoms with E-state index in [1.54, 1.807) is 0 Å². The molecule has 0 unspecified atom stereocenters. The van der Waals surface area contributed by atoms with Crippen LogP contribution in [-0.2, 0) is 28.6 Å². The SMILES string of the molecule is CC/C=C\C/C=C\C/C=C\C/C=C\CCCCCCC(=O)OC[C@H](COC(=O)CCCCCCC/C=C\CCCC)OC(=O)CCCCCCCCCCCCCCCCCCCCCCC. The van der Waals surface area contributed by atoms with Crippen LogP contribution in [0.4, 0.5) is 0 Å². The molecule has 388 valence electrons. The zero-order chi connectivity index (χ0) is 48.6. The number of hydrogen-bond acceptors (Lipinski definition) is 6. The molecule has 0 aromatic heterocycles. The summed E-state index contributed by atoms with van der Waals surface area (Å²) in [6, 6.07) is 0. The fourth-order valence-electron chi connectivity index (χ4n) is 8.18. The minimum absolute atomic E-state index is 0.0845. The number of unbranched alkanes of at least 4 members (excludes halogenated alkanes) is 31. The minimum Gasteiger partial charge on any atom is -0.462 e. The highest BCUT2D eigenvalue weighted by Gasteiger charge is 2.19. The smallest absolute Gasteiger partial charge is 0.306 e. The van der Waals surface area contributed by atoms with E-state index in [9.17, 15) is 14.4 Å². The number of carbonyl (C=O) groups is 3. The Morgan fingerprint density at radius 3 is 0.970 bits per heavy atom. The lowest BCUT2D eigenvalue weighted by Gasteiger charge is -2.18. The molecular formula is C61H108O6. The molecule has 0 fully saturated rings. The Hall–Kier alpha value is -2.89. The molecule has 1 atom stereocenters. The molecule has 0 heterocycles. The molecular weight excluding hydrogens is 829 g/mol. The van der Waals surface area contributed by atoms with E-state index >= 15 is 0 Å². The Balaban J connectivity index is 4.33. The van der Waals surface area contributed by atoms with Crippen molar-refractivity contribution in [2.24, 2.45) is 0 Å². The maximum absolute atomic E-state index is 12.9. The standard InChI is InChI=1S/C61H108O6/c1-4-7-10-13-16-19-22-24-26-28-29-30-31-33-35-37-40-43-46-49-52-55-61(64)67-58(56-65-59(62)53-50-47-44-41-38-21-18-15-12-9-6-3)57-66-60(63)54-51-48-45-42-39-36-34-32-27-25-23-20-17-14-11-8-5-2/h8,11,15,17-18,20,25,27,34,36,58H,4-7,9-10,12-14,16,19,21-24,26,28-33,35,37-57H2,1-3H3/b11-8-,18-15-,20-17-,27-25-,36-34-/t58-/m0/s1. The topological polar surface area (TPSA) is 78.9 Å². The van der Waals surface area contributed by atoms with E-state index < -0.39 is 6.10 Å². The van der Waals surface area contributed by atoms with Gasteiger partial charge in [-0.3, -0.25) is 14.4 Å². The Kier molecular flexibility index (Phi) is 53.3. The molecule has 0 saturated carbocycles. The van der Waals surface area contributed by atoms with Crippen LogP contribution < -0.4 is 0 Å². The van der Waals surface area contributed by atoms with Gasteiger partial charge in [0.05, 0.1) is 0 Å². The molecule has 0 rings (SSSR count). The molecule has 0 amide bonds. The molecule has 0 aliphatic carbocycles. The second-order valence-electron chi connectivity index (χ2n) is 19.2. The molecule has 0 N–H and O–H groups in total. The van der Waals surface area contributed by atoms with E-state index in [0.717, 1.165) is 103 Å². The van der Waals surface area contributed by atoms with Crippen molar-refractivity contribution in [2.45, 2.75) is 297 Å². The number of esters is 3. The Bertz CT molecular complexity index is 1210. The quantitative estimate of drug-likeness (QED) is 0.0262. The zero-order valence-electron chi connectivity index (χ0n) is 44.4. The van der Waals surface area contributed by atoms with Crippen LogP contribution in [0, 0.1) is 0 Å². The third-order valence-electron chi connectivity index (χ3n) is 12.5. The molecule has 0 aromatic carbocycles. The molecule has 6 nitrogen and oxygen atoms in total. The van der Waals surface area contributed by atoms with E-state index in [0.29, 0.717) is 19.3 Å². The monoisotopic (exact) mass is 937 g/mol. The Morgan fingerprint density at radius 2 is 0.597 bits per heavy atom. The molecule has 0 aromatic rings. The van der Waals surface area contributed by atoms with Gasteiger partial charge in [-0.05, 0) is 77.0 Å². The van der Waals surface area contributed by atoms with Gasteiger partial charge in [0.15, 0.2) is 6.10 Å². The molecule has 0 aliphatic heterocycles. The van der Waals surface area contributed by atoms with Crippen molar-refractivity contribution in [2.75, 3.05) is 13.2 Å². The summed E-state index contributed by atoms with van der Waals surface area (Å²) >= 11 is 0. The van der Waals surface area contributed by atoms with Gasteiger partial charge in [-0.25, -0.2) is 0 Å². The normalized spacial score (nSPS) is 12.5. The predicted octanol–water partition coefficient (Wildman–Crippen LogP) is 19.2. The molecule has 0 spiro atoms. The number of carbonyl (C=O) groups excluding carboxylic acids is 3.